The Kier molecular flexibility index (Phi) is 1.88. The maximum atomic E-state index is 12.1. The van der Waals surface area contributed by atoms with Crippen molar-refractivity contribution in [1.29, 1.82) is 0 Å². The molecule has 1 nitrogen and oxygen atoms in total. The summed E-state index contributed by atoms with van der Waals surface area (Å²) in [6.07, 6.45) is 2.00. The van der Waals surface area contributed by atoms with Gasteiger partial charge in [-0.15, -0.1) is 0 Å². The zero-order valence-electron chi connectivity index (χ0n) is 5.17. The molecule has 0 aliphatic carbocycles. The highest BCUT2D eigenvalue weighted by molar-refractivity contribution is 5.10. The fourth-order valence-electron chi connectivity index (χ4n) is 0.612. The predicted molar refractivity (Wildman–Crippen MR) is 32.7 cm³/mol. The smallest absolute Gasteiger partial charge is 0.110 e. The van der Waals surface area contributed by atoms with E-state index in [1.54, 1.807) is 12.1 Å². The molecule has 0 aliphatic rings. The molecule has 0 aromatic carbocycles. The van der Waals surface area contributed by atoms with Crippen LogP contribution in [0, 0.1) is 6.42 Å². The van der Waals surface area contributed by atoms with Gasteiger partial charge in [0.2, 0.25) is 0 Å². The molecule has 2 heteroatoms. The third-order valence-corrected chi connectivity index (χ3v) is 0.937. The zero-order chi connectivity index (χ0) is 6.69. The van der Waals surface area contributed by atoms with Crippen molar-refractivity contribution in [3.05, 3.63) is 30.6 Å². The first kappa shape index (κ1) is 6.33. The van der Waals surface area contributed by atoms with Crippen molar-refractivity contribution in [3.63, 3.8) is 0 Å². The van der Waals surface area contributed by atoms with Crippen LogP contribution in [0.3, 0.4) is 0 Å². The topological polar surface area (TPSA) is 13.1 Å². The summed E-state index contributed by atoms with van der Waals surface area (Å²) in [6, 6.07) is 3.45. The van der Waals surface area contributed by atoms with Gasteiger partial charge in [-0.1, -0.05) is 0 Å². The lowest BCUT2D eigenvalue weighted by molar-refractivity contribution is 0.394. The molecule has 1 aromatic rings. The van der Waals surface area contributed by atoms with Gasteiger partial charge in [0.25, 0.3) is 0 Å². The number of furan rings is 1. The van der Waals surface area contributed by atoms with Crippen molar-refractivity contribution < 1.29 is 8.81 Å². The molecule has 1 heterocycles. The summed E-state index contributed by atoms with van der Waals surface area (Å²) in [6.45, 7) is 1.46. The molecule has 1 radical (unpaired) electrons. The first-order valence-corrected chi connectivity index (χ1v) is 2.81. The Morgan fingerprint density at radius 1 is 1.78 bits per heavy atom. The van der Waals surface area contributed by atoms with Crippen LogP contribution in [-0.4, -0.2) is 6.17 Å². The molecule has 1 unspecified atom stereocenters. The highest BCUT2D eigenvalue weighted by Gasteiger charge is 2.01. The quantitative estimate of drug-likeness (QED) is 0.593. The molecule has 1 aromatic heterocycles. The van der Waals surface area contributed by atoms with Gasteiger partial charge in [-0.2, -0.15) is 0 Å². The van der Waals surface area contributed by atoms with Gasteiger partial charge in [-0.05, 0) is 19.1 Å². The van der Waals surface area contributed by atoms with E-state index in [0.29, 0.717) is 5.76 Å². The summed E-state index contributed by atoms with van der Waals surface area (Å²) in [4.78, 5) is 0. The SMILES string of the molecule is CC(F)[CH]c1ccco1. The Bertz CT molecular complexity index is 155. The summed E-state index contributed by atoms with van der Waals surface area (Å²) >= 11 is 0. The van der Waals surface area contributed by atoms with Crippen LogP contribution in [0.1, 0.15) is 12.7 Å². The molecule has 0 spiro atoms. The minimum absolute atomic E-state index is 0.588. The van der Waals surface area contributed by atoms with E-state index in [0.717, 1.165) is 0 Å². The third kappa shape index (κ3) is 1.88. The first-order chi connectivity index (χ1) is 4.29. The Morgan fingerprint density at radius 2 is 2.56 bits per heavy atom. The average molecular weight is 127 g/mol. The van der Waals surface area contributed by atoms with Crippen LogP contribution in [0.4, 0.5) is 4.39 Å². The summed E-state index contributed by atoms with van der Waals surface area (Å²) in [5.74, 6) is 0.588. The number of halogens is 1. The lowest BCUT2D eigenvalue weighted by atomic mass is 10.2. The Morgan fingerprint density at radius 3 is 3.00 bits per heavy atom. The van der Waals surface area contributed by atoms with Crippen LogP contribution < -0.4 is 0 Å². The van der Waals surface area contributed by atoms with E-state index in [1.165, 1.54) is 19.6 Å². The van der Waals surface area contributed by atoms with Gasteiger partial charge in [0, 0.05) is 0 Å². The van der Waals surface area contributed by atoms with Crippen molar-refractivity contribution in [3.8, 4) is 0 Å². The Labute approximate surface area is 53.5 Å². The second-order valence-electron chi connectivity index (χ2n) is 1.86. The van der Waals surface area contributed by atoms with Gasteiger partial charge in [0.05, 0.1) is 12.7 Å². The maximum Gasteiger partial charge on any atom is 0.110 e. The van der Waals surface area contributed by atoms with E-state index in [2.05, 4.69) is 0 Å². The molecular weight excluding hydrogens is 119 g/mol. The van der Waals surface area contributed by atoms with E-state index in [1.807, 2.05) is 0 Å². The number of hydrogen-bond donors (Lipinski definition) is 0. The minimum atomic E-state index is -0.934. The van der Waals surface area contributed by atoms with Crippen LogP contribution >= 0.6 is 0 Å². The molecule has 9 heavy (non-hydrogen) atoms. The van der Waals surface area contributed by atoms with Gasteiger partial charge >= 0.3 is 0 Å². The lowest BCUT2D eigenvalue weighted by Crippen LogP contribution is -1.92. The molecule has 1 atom stereocenters. The standard InChI is InChI=1S/C7H8FO/c1-6(8)5-7-3-2-4-9-7/h2-6H,1H3. The summed E-state index contributed by atoms with van der Waals surface area (Å²) in [5.41, 5.74) is 0. The largest absolute Gasteiger partial charge is 0.469 e. The van der Waals surface area contributed by atoms with E-state index < -0.39 is 6.17 Å². The molecule has 0 saturated heterocycles. The van der Waals surface area contributed by atoms with Crippen LogP contribution in [-0.2, 0) is 0 Å². The monoisotopic (exact) mass is 127 g/mol. The van der Waals surface area contributed by atoms with E-state index in [9.17, 15) is 4.39 Å². The number of alkyl halides is 1. The van der Waals surface area contributed by atoms with Crippen molar-refractivity contribution >= 4 is 0 Å². The fourth-order valence-corrected chi connectivity index (χ4v) is 0.612. The Hall–Kier alpha value is -0.790. The van der Waals surface area contributed by atoms with Crippen molar-refractivity contribution in [2.24, 2.45) is 0 Å². The third-order valence-electron chi connectivity index (χ3n) is 0.937. The van der Waals surface area contributed by atoms with Gasteiger partial charge in [-0.3, -0.25) is 0 Å². The second-order valence-corrected chi connectivity index (χ2v) is 1.86. The first-order valence-electron chi connectivity index (χ1n) is 2.81. The predicted octanol–water partition coefficient (Wildman–Crippen LogP) is 2.19. The molecule has 0 N–H and O–H groups in total. The minimum Gasteiger partial charge on any atom is -0.469 e. The number of rotatable bonds is 2. The molecule has 0 aliphatic heterocycles. The van der Waals surface area contributed by atoms with E-state index >= 15 is 0 Å². The molecule has 1 rings (SSSR count). The molecule has 49 valence electrons. The summed E-state index contributed by atoms with van der Waals surface area (Å²) in [7, 11) is 0. The molecule has 0 saturated carbocycles. The van der Waals surface area contributed by atoms with Crippen LogP contribution in [0.5, 0.6) is 0 Å². The number of hydrogen-bond acceptors (Lipinski definition) is 1. The highest BCUT2D eigenvalue weighted by atomic mass is 19.1. The zero-order valence-corrected chi connectivity index (χ0v) is 5.17. The average Bonchev–Trinajstić information content (AvgIpc) is 2.15. The maximum absolute atomic E-state index is 12.1. The molecule has 0 bridgehead atoms. The molecular formula is C7H8FO. The summed E-state index contributed by atoms with van der Waals surface area (Å²) in [5, 5.41) is 0. The van der Waals surface area contributed by atoms with Crippen LogP contribution in [0.25, 0.3) is 0 Å². The van der Waals surface area contributed by atoms with E-state index in [-0.39, 0.29) is 0 Å². The normalized spacial score (nSPS) is 13.6. The van der Waals surface area contributed by atoms with Crippen LogP contribution in [0.2, 0.25) is 0 Å². The molecule has 0 amide bonds. The fraction of sp³-hybridized carbons (Fsp3) is 0.286. The van der Waals surface area contributed by atoms with Crippen molar-refractivity contribution in [2.75, 3.05) is 0 Å². The molecule has 0 fully saturated rings. The lowest BCUT2D eigenvalue weighted by Gasteiger charge is -1.93. The van der Waals surface area contributed by atoms with Crippen LogP contribution in [0.15, 0.2) is 22.8 Å². The van der Waals surface area contributed by atoms with Crippen molar-refractivity contribution in [2.45, 2.75) is 13.1 Å². The highest BCUT2D eigenvalue weighted by Crippen LogP contribution is 2.07. The van der Waals surface area contributed by atoms with E-state index in [4.69, 9.17) is 4.42 Å². The summed E-state index contributed by atoms with van der Waals surface area (Å²) < 4.78 is 17.0. The Balaban J connectivity index is 2.48. The van der Waals surface area contributed by atoms with Gasteiger partial charge < -0.3 is 4.42 Å². The van der Waals surface area contributed by atoms with Gasteiger partial charge in [0.15, 0.2) is 0 Å². The second kappa shape index (κ2) is 2.67. The van der Waals surface area contributed by atoms with Crippen molar-refractivity contribution in [1.82, 2.24) is 0 Å². The van der Waals surface area contributed by atoms with Gasteiger partial charge in [-0.25, -0.2) is 4.39 Å². The van der Waals surface area contributed by atoms with Gasteiger partial charge in [0.1, 0.15) is 11.9 Å².